The molecule has 1 aliphatic heterocycles. The number of nitrogens with one attached hydrogen (secondary N) is 1. The van der Waals surface area contributed by atoms with Gasteiger partial charge in [-0.15, -0.1) is 0 Å². The van der Waals surface area contributed by atoms with Gasteiger partial charge in [0.15, 0.2) is 0 Å². The van der Waals surface area contributed by atoms with Gasteiger partial charge in [-0.2, -0.15) is 0 Å². The maximum atomic E-state index is 4.31. The molecule has 1 aromatic heterocycles. The molecule has 0 spiro atoms. The predicted molar refractivity (Wildman–Crippen MR) is 68.4 cm³/mol. The van der Waals surface area contributed by atoms with Crippen LogP contribution in [0.4, 0.5) is 0 Å². The SMILES string of the molecule is c1ccc(-n2cncc2C2CCCNC2)cc1. The third kappa shape index (κ3) is 2.11. The van der Waals surface area contributed by atoms with Crippen LogP contribution in [0, 0.1) is 0 Å². The molecule has 0 bridgehead atoms. The highest BCUT2D eigenvalue weighted by atomic mass is 15.1. The monoisotopic (exact) mass is 227 g/mol. The van der Waals surface area contributed by atoms with Crippen molar-refractivity contribution in [2.75, 3.05) is 13.1 Å². The minimum absolute atomic E-state index is 0.589. The average molecular weight is 227 g/mol. The number of rotatable bonds is 2. The summed E-state index contributed by atoms with van der Waals surface area (Å²) in [6.45, 7) is 2.22. The van der Waals surface area contributed by atoms with Gasteiger partial charge >= 0.3 is 0 Å². The van der Waals surface area contributed by atoms with E-state index in [1.165, 1.54) is 24.2 Å². The molecule has 17 heavy (non-hydrogen) atoms. The summed E-state index contributed by atoms with van der Waals surface area (Å²) in [5.41, 5.74) is 2.52. The molecular formula is C14H17N3. The van der Waals surface area contributed by atoms with Gasteiger partial charge in [0.2, 0.25) is 0 Å². The Morgan fingerprint density at radius 1 is 1.24 bits per heavy atom. The van der Waals surface area contributed by atoms with E-state index in [4.69, 9.17) is 0 Å². The van der Waals surface area contributed by atoms with Crippen LogP contribution in [0.3, 0.4) is 0 Å². The van der Waals surface area contributed by atoms with E-state index in [2.05, 4.69) is 39.1 Å². The molecule has 1 saturated heterocycles. The van der Waals surface area contributed by atoms with Crippen molar-refractivity contribution in [3.63, 3.8) is 0 Å². The Bertz CT molecular complexity index is 469. The standard InChI is InChI=1S/C14H17N3/c1-2-6-13(7-3-1)17-11-16-10-14(17)12-5-4-8-15-9-12/h1-3,6-7,10-12,15H,4-5,8-9H2. The van der Waals surface area contributed by atoms with Crippen molar-refractivity contribution in [2.24, 2.45) is 0 Å². The fraction of sp³-hybridized carbons (Fsp3) is 0.357. The summed E-state index contributed by atoms with van der Waals surface area (Å²) in [5.74, 6) is 0.589. The van der Waals surface area contributed by atoms with Gasteiger partial charge in [0.1, 0.15) is 0 Å². The van der Waals surface area contributed by atoms with Crippen LogP contribution >= 0.6 is 0 Å². The molecule has 1 fully saturated rings. The van der Waals surface area contributed by atoms with E-state index in [0.29, 0.717) is 5.92 Å². The lowest BCUT2D eigenvalue weighted by molar-refractivity contribution is 0.451. The van der Waals surface area contributed by atoms with E-state index >= 15 is 0 Å². The van der Waals surface area contributed by atoms with Gasteiger partial charge in [-0.25, -0.2) is 4.98 Å². The Kier molecular flexibility index (Phi) is 2.92. The van der Waals surface area contributed by atoms with Gasteiger partial charge in [-0.1, -0.05) is 18.2 Å². The second-order valence-corrected chi connectivity index (χ2v) is 4.57. The van der Waals surface area contributed by atoms with Crippen LogP contribution in [0.2, 0.25) is 0 Å². The van der Waals surface area contributed by atoms with Crippen molar-refractivity contribution in [1.29, 1.82) is 0 Å². The molecule has 1 aliphatic rings. The highest BCUT2D eigenvalue weighted by Gasteiger charge is 2.19. The van der Waals surface area contributed by atoms with Crippen LogP contribution in [0.15, 0.2) is 42.9 Å². The highest BCUT2D eigenvalue weighted by molar-refractivity contribution is 5.34. The molecule has 2 aromatic rings. The highest BCUT2D eigenvalue weighted by Crippen LogP contribution is 2.25. The van der Waals surface area contributed by atoms with Crippen LogP contribution in [0.1, 0.15) is 24.5 Å². The number of imidazole rings is 1. The van der Waals surface area contributed by atoms with Gasteiger partial charge in [0.05, 0.1) is 6.33 Å². The molecule has 0 radical (unpaired) electrons. The van der Waals surface area contributed by atoms with Gasteiger partial charge in [0.25, 0.3) is 0 Å². The molecule has 0 saturated carbocycles. The largest absolute Gasteiger partial charge is 0.316 e. The molecule has 3 nitrogen and oxygen atoms in total. The molecule has 3 heteroatoms. The van der Waals surface area contributed by atoms with Gasteiger partial charge < -0.3 is 9.88 Å². The number of benzene rings is 1. The average Bonchev–Trinajstić information content (AvgIpc) is 2.90. The Balaban J connectivity index is 1.93. The molecule has 2 heterocycles. The summed E-state index contributed by atoms with van der Waals surface area (Å²) in [6, 6.07) is 10.4. The van der Waals surface area contributed by atoms with Crippen molar-refractivity contribution in [1.82, 2.24) is 14.9 Å². The zero-order valence-electron chi connectivity index (χ0n) is 9.84. The number of para-hydroxylation sites is 1. The first-order valence-corrected chi connectivity index (χ1v) is 6.23. The maximum absolute atomic E-state index is 4.31. The van der Waals surface area contributed by atoms with E-state index in [-0.39, 0.29) is 0 Å². The third-order valence-electron chi connectivity index (χ3n) is 3.42. The normalized spacial score (nSPS) is 20.4. The second kappa shape index (κ2) is 4.72. The van der Waals surface area contributed by atoms with Crippen LogP contribution in [-0.2, 0) is 0 Å². The number of nitrogens with zero attached hydrogens (tertiary/aromatic N) is 2. The number of hydrogen-bond donors (Lipinski definition) is 1. The Hall–Kier alpha value is -1.61. The molecule has 1 aromatic carbocycles. The van der Waals surface area contributed by atoms with Crippen molar-refractivity contribution >= 4 is 0 Å². The fourth-order valence-electron chi connectivity index (χ4n) is 2.52. The van der Waals surface area contributed by atoms with Crippen molar-refractivity contribution in [3.05, 3.63) is 48.5 Å². The molecule has 1 N–H and O–H groups in total. The second-order valence-electron chi connectivity index (χ2n) is 4.57. The molecule has 88 valence electrons. The maximum Gasteiger partial charge on any atom is 0.0994 e. The van der Waals surface area contributed by atoms with Crippen LogP contribution in [0.5, 0.6) is 0 Å². The summed E-state index contributed by atoms with van der Waals surface area (Å²) >= 11 is 0. The molecule has 0 aliphatic carbocycles. The lowest BCUT2D eigenvalue weighted by atomic mass is 9.96. The van der Waals surface area contributed by atoms with Crippen molar-refractivity contribution in [3.8, 4) is 5.69 Å². The first-order valence-electron chi connectivity index (χ1n) is 6.23. The smallest absolute Gasteiger partial charge is 0.0994 e. The number of hydrogen-bond acceptors (Lipinski definition) is 2. The van der Waals surface area contributed by atoms with Crippen molar-refractivity contribution in [2.45, 2.75) is 18.8 Å². The lowest BCUT2D eigenvalue weighted by Crippen LogP contribution is -2.29. The number of aromatic nitrogens is 2. The van der Waals surface area contributed by atoms with E-state index in [9.17, 15) is 0 Å². The van der Waals surface area contributed by atoms with Gasteiger partial charge in [0, 0.05) is 30.0 Å². The fourth-order valence-corrected chi connectivity index (χ4v) is 2.52. The quantitative estimate of drug-likeness (QED) is 0.853. The molecule has 1 atom stereocenters. The first kappa shape index (κ1) is 10.5. The summed E-state index contributed by atoms with van der Waals surface area (Å²) in [7, 11) is 0. The third-order valence-corrected chi connectivity index (χ3v) is 3.42. The summed E-state index contributed by atoms with van der Waals surface area (Å²) in [6.07, 6.45) is 6.43. The Morgan fingerprint density at radius 2 is 2.12 bits per heavy atom. The molecular weight excluding hydrogens is 210 g/mol. The van der Waals surface area contributed by atoms with E-state index < -0.39 is 0 Å². The summed E-state index contributed by atoms with van der Waals surface area (Å²) < 4.78 is 2.21. The first-order chi connectivity index (χ1) is 8.45. The van der Waals surface area contributed by atoms with Crippen LogP contribution in [0.25, 0.3) is 5.69 Å². The Labute approximate surface area is 101 Å². The molecule has 0 amide bonds. The minimum Gasteiger partial charge on any atom is -0.316 e. The number of piperidine rings is 1. The predicted octanol–water partition coefficient (Wildman–Crippen LogP) is 2.34. The van der Waals surface area contributed by atoms with E-state index in [1.807, 2.05) is 18.6 Å². The summed E-state index contributed by atoms with van der Waals surface area (Å²) in [5, 5.41) is 3.46. The van der Waals surface area contributed by atoms with Gasteiger partial charge in [-0.3, -0.25) is 0 Å². The van der Waals surface area contributed by atoms with Crippen LogP contribution in [-0.4, -0.2) is 22.6 Å². The molecule has 1 unspecified atom stereocenters. The van der Waals surface area contributed by atoms with Gasteiger partial charge in [-0.05, 0) is 31.5 Å². The van der Waals surface area contributed by atoms with Crippen molar-refractivity contribution < 1.29 is 0 Å². The van der Waals surface area contributed by atoms with E-state index in [0.717, 1.165) is 13.1 Å². The minimum atomic E-state index is 0.589. The summed E-state index contributed by atoms with van der Waals surface area (Å²) in [4.78, 5) is 4.31. The van der Waals surface area contributed by atoms with Crippen LogP contribution < -0.4 is 5.32 Å². The zero-order chi connectivity index (χ0) is 11.5. The lowest BCUT2D eigenvalue weighted by Gasteiger charge is -2.23. The molecule has 3 rings (SSSR count). The Morgan fingerprint density at radius 3 is 2.88 bits per heavy atom. The zero-order valence-corrected chi connectivity index (χ0v) is 9.84. The topological polar surface area (TPSA) is 29.9 Å². The van der Waals surface area contributed by atoms with E-state index in [1.54, 1.807) is 0 Å².